The van der Waals surface area contributed by atoms with Gasteiger partial charge in [0.25, 0.3) is 0 Å². The summed E-state index contributed by atoms with van der Waals surface area (Å²) in [6.07, 6.45) is 8.51. The minimum atomic E-state index is -0.485. The average molecular weight is 439 g/mol. The smallest absolute Gasteiger partial charge is 0.232 e. The van der Waals surface area contributed by atoms with Gasteiger partial charge in [-0.25, -0.2) is 4.68 Å². The van der Waals surface area contributed by atoms with Crippen LogP contribution in [-0.4, -0.2) is 52.8 Å². The topological polar surface area (TPSA) is 105 Å². The minimum Gasteiger partial charge on any atom is -0.356 e. The van der Waals surface area contributed by atoms with Gasteiger partial charge in [0.05, 0.1) is 34.5 Å². The molecule has 0 atom stereocenters. The number of H-pyrrole nitrogens is 1. The van der Waals surface area contributed by atoms with Gasteiger partial charge in [-0.1, -0.05) is 11.6 Å². The number of hydrogen-bond acceptors (Lipinski definition) is 7. The largest absolute Gasteiger partial charge is 0.356 e. The molecule has 5 heterocycles. The number of rotatable bonds is 6. The van der Waals surface area contributed by atoms with Gasteiger partial charge in [-0.2, -0.15) is 30.1 Å². The van der Waals surface area contributed by atoms with E-state index in [0.717, 1.165) is 60.7 Å². The molecule has 1 aliphatic carbocycles. The molecule has 0 unspecified atom stereocenters. The van der Waals surface area contributed by atoms with Crippen molar-refractivity contribution in [1.82, 2.24) is 39.7 Å². The van der Waals surface area contributed by atoms with Crippen molar-refractivity contribution in [2.45, 2.75) is 44.7 Å². The van der Waals surface area contributed by atoms with Crippen molar-refractivity contribution in [3.05, 3.63) is 35.4 Å². The molecule has 1 saturated carbocycles. The molecule has 10 nitrogen and oxygen atoms in total. The van der Waals surface area contributed by atoms with Crippen LogP contribution in [-0.2, 0) is 5.54 Å². The van der Waals surface area contributed by atoms with E-state index in [1.165, 1.54) is 0 Å². The Bertz CT molecular complexity index is 1250. The van der Waals surface area contributed by atoms with E-state index in [0.29, 0.717) is 17.0 Å². The maximum absolute atomic E-state index is 6.41. The van der Waals surface area contributed by atoms with Crippen molar-refractivity contribution >= 4 is 40.2 Å². The highest BCUT2D eigenvalue weighted by atomic mass is 35.5. The summed E-state index contributed by atoms with van der Waals surface area (Å²) in [6.45, 7) is 6.06. The van der Waals surface area contributed by atoms with E-state index in [-0.39, 0.29) is 0 Å². The van der Waals surface area contributed by atoms with Crippen LogP contribution in [0.5, 0.6) is 0 Å². The maximum atomic E-state index is 6.41. The third kappa shape index (κ3) is 3.04. The molecule has 4 aromatic heterocycles. The van der Waals surface area contributed by atoms with Crippen LogP contribution in [0.4, 0.5) is 17.6 Å². The van der Waals surface area contributed by atoms with Gasteiger partial charge < -0.3 is 15.2 Å². The summed E-state index contributed by atoms with van der Waals surface area (Å²) in [5, 5.41) is 18.5. The van der Waals surface area contributed by atoms with Crippen LogP contribution >= 0.6 is 11.6 Å². The monoisotopic (exact) mass is 438 g/mol. The lowest BCUT2D eigenvalue weighted by Crippen LogP contribution is -2.37. The molecule has 2 N–H and O–H groups in total. The van der Waals surface area contributed by atoms with E-state index < -0.39 is 5.54 Å². The third-order valence-electron chi connectivity index (χ3n) is 6.03. The molecule has 1 saturated heterocycles. The molecule has 31 heavy (non-hydrogen) atoms. The Morgan fingerprint density at radius 1 is 1.16 bits per heavy atom. The molecular formula is C20H23ClN10. The lowest BCUT2D eigenvalue weighted by molar-refractivity contribution is 0.331. The Morgan fingerprint density at radius 3 is 2.61 bits per heavy atom. The molecule has 0 spiro atoms. The lowest BCUT2D eigenvalue weighted by atomic mass is 10.0. The van der Waals surface area contributed by atoms with Crippen LogP contribution in [0.15, 0.2) is 24.7 Å². The Balaban J connectivity index is 1.40. The Morgan fingerprint density at radius 2 is 1.94 bits per heavy atom. The molecule has 160 valence electrons. The zero-order valence-corrected chi connectivity index (χ0v) is 18.1. The first-order valence-electron chi connectivity index (χ1n) is 10.5. The summed E-state index contributed by atoms with van der Waals surface area (Å²) in [7, 11) is 0. The molecular weight excluding hydrogens is 416 g/mol. The predicted octanol–water partition coefficient (Wildman–Crippen LogP) is 3.47. The fraction of sp³-hybridized carbons (Fsp3) is 0.450. The van der Waals surface area contributed by atoms with E-state index in [1.54, 1.807) is 23.4 Å². The second-order valence-electron chi connectivity index (χ2n) is 8.66. The van der Waals surface area contributed by atoms with Crippen molar-refractivity contribution in [2.75, 3.05) is 23.3 Å². The number of aromatic nitrogens is 8. The summed E-state index contributed by atoms with van der Waals surface area (Å²) in [5.41, 5.74) is 1.12. The zero-order chi connectivity index (χ0) is 21.2. The number of fused-ring (bicyclic) bond motifs is 1. The SMILES string of the molecule is CC(C)(c1cc(Nc2nc(N3CCC3)c3c(Cl)c[nH]c3n2)n(C2CC2)n1)n1nccn1. The average Bonchev–Trinajstić information content (AvgIpc) is 3.10. The van der Waals surface area contributed by atoms with Crippen LogP contribution in [0, 0.1) is 0 Å². The van der Waals surface area contributed by atoms with Crippen molar-refractivity contribution < 1.29 is 0 Å². The summed E-state index contributed by atoms with van der Waals surface area (Å²) in [6, 6.07) is 2.43. The van der Waals surface area contributed by atoms with E-state index in [1.807, 2.05) is 10.7 Å². The molecule has 2 fully saturated rings. The highest BCUT2D eigenvalue weighted by Crippen LogP contribution is 2.40. The number of halogens is 1. The molecule has 0 radical (unpaired) electrons. The van der Waals surface area contributed by atoms with Gasteiger partial charge in [0.15, 0.2) is 0 Å². The fourth-order valence-electron chi connectivity index (χ4n) is 3.90. The van der Waals surface area contributed by atoms with Gasteiger partial charge in [-0.05, 0) is 33.1 Å². The van der Waals surface area contributed by atoms with Crippen LogP contribution in [0.1, 0.15) is 44.8 Å². The van der Waals surface area contributed by atoms with Crippen LogP contribution in [0.25, 0.3) is 11.0 Å². The number of nitrogens with one attached hydrogen (secondary N) is 2. The molecule has 4 aromatic rings. The van der Waals surface area contributed by atoms with Crippen molar-refractivity contribution in [3.8, 4) is 0 Å². The first kappa shape index (κ1) is 18.6. The second-order valence-corrected chi connectivity index (χ2v) is 9.07. The lowest BCUT2D eigenvalue weighted by Gasteiger charge is -2.32. The van der Waals surface area contributed by atoms with Crippen molar-refractivity contribution in [3.63, 3.8) is 0 Å². The first-order valence-corrected chi connectivity index (χ1v) is 10.9. The van der Waals surface area contributed by atoms with Crippen molar-refractivity contribution in [1.29, 1.82) is 0 Å². The van der Waals surface area contributed by atoms with Gasteiger partial charge in [0, 0.05) is 25.4 Å². The van der Waals surface area contributed by atoms with Gasteiger partial charge in [0.1, 0.15) is 22.8 Å². The quantitative estimate of drug-likeness (QED) is 0.474. The van der Waals surface area contributed by atoms with Crippen LogP contribution < -0.4 is 10.2 Å². The van der Waals surface area contributed by atoms with Crippen LogP contribution in [0.3, 0.4) is 0 Å². The van der Waals surface area contributed by atoms with Gasteiger partial charge in [0.2, 0.25) is 5.95 Å². The number of hydrogen-bond donors (Lipinski definition) is 2. The number of nitrogens with zero attached hydrogens (tertiary/aromatic N) is 8. The fourth-order valence-corrected chi connectivity index (χ4v) is 4.12. The van der Waals surface area contributed by atoms with Gasteiger partial charge in [-0.3, -0.25) is 0 Å². The highest BCUT2D eigenvalue weighted by Gasteiger charge is 2.34. The molecule has 11 heteroatoms. The Hall–Kier alpha value is -3.14. The standard InChI is InChI=1S/C20H23ClN10/c1-20(2,31-23-6-7-24-31)14-10-15(30(28-14)12-4-5-12)25-19-26-17-16(13(21)11-22-17)18(27-19)29-8-3-9-29/h6-7,10-12H,3-5,8-9H2,1-2H3,(H2,22,25,26,27). The molecule has 6 rings (SSSR count). The van der Waals surface area contributed by atoms with E-state index >= 15 is 0 Å². The Kier molecular flexibility index (Phi) is 4.01. The number of aromatic amines is 1. The van der Waals surface area contributed by atoms with Gasteiger partial charge in [-0.15, -0.1) is 0 Å². The summed E-state index contributed by atoms with van der Waals surface area (Å²) in [5.74, 6) is 2.25. The molecule has 0 bridgehead atoms. The minimum absolute atomic E-state index is 0.385. The van der Waals surface area contributed by atoms with E-state index in [2.05, 4.69) is 44.2 Å². The van der Waals surface area contributed by atoms with E-state index in [4.69, 9.17) is 21.7 Å². The zero-order valence-electron chi connectivity index (χ0n) is 17.4. The molecule has 2 aliphatic rings. The Labute approximate surface area is 183 Å². The molecule has 1 aliphatic heterocycles. The summed E-state index contributed by atoms with van der Waals surface area (Å²) in [4.78, 5) is 16.6. The first-order chi connectivity index (χ1) is 15.0. The molecule has 0 amide bonds. The summed E-state index contributed by atoms with van der Waals surface area (Å²) >= 11 is 6.41. The van der Waals surface area contributed by atoms with Gasteiger partial charge >= 0.3 is 0 Å². The predicted molar refractivity (Wildman–Crippen MR) is 118 cm³/mol. The third-order valence-corrected chi connectivity index (χ3v) is 6.33. The molecule has 0 aromatic carbocycles. The maximum Gasteiger partial charge on any atom is 0.232 e. The van der Waals surface area contributed by atoms with Crippen molar-refractivity contribution in [2.24, 2.45) is 0 Å². The number of anilines is 3. The highest BCUT2D eigenvalue weighted by molar-refractivity contribution is 6.36. The van der Waals surface area contributed by atoms with Crippen LogP contribution in [0.2, 0.25) is 5.02 Å². The second kappa shape index (κ2) is 6.68. The summed E-state index contributed by atoms with van der Waals surface area (Å²) < 4.78 is 2.04. The normalized spacial score (nSPS) is 16.7. The van der Waals surface area contributed by atoms with E-state index in [9.17, 15) is 0 Å².